The number of hydrogen-bond acceptors (Lipinski definition) is 3. The lowest BCUT2D eigenvalue weighted by atomic mass is 10.5. The van der Waals surface area contributed by atoms with Gasteiger partial charge in [-0.25, -0.2) is 4.98 Å². The van der Waals surface area contributed by atoms with Crippen molar-refractivity contribution in [1.82, 2.24) is 15.3 Å². The fraction of sp³-hybridized carbons (Fsp3) is 0.700. The number of nitrogens with one attached hydrogen (secondary N) is 2. The average molecular weight is 213 g/mol. The highest BCUT2D eigenvalue weighted by Crippen LogP contribution is 2.14. The Morgan fingerprint density at radius 2 is 2.36 bits per heavy atom. The zero-order valence-corrected chi connectivity index (χ0v) is 9.95. The van der Waals surface area contributed by atoms with E-state index in [0.29, 0.717) is 5.25 Å². The summed E-state index contributed by atoms with van der Waals surface area (Å²) in [6, 6.07) is 0. The smallest absolute Gasteiger partial charge is 0.116 e. The first-order valence-corrected chi connectivity index (χ1v) is 6.12. The Morgan fingerprint density at radius 1 is 1.57 bits per heavy atom. The number of hydrogen-bond donors (Lipinski definition) is 2. The normalized spacial score (nSPS) is 11.1. The third-order valence-electron chi connectivity index (χ3n) is 1.80. The molecule has 0 radical (unpaired) electrons. The van der Waals surface area contributed by atoms with Crippen molar-refractivity contribution in [2.45, 2.75) is 38.3 Å². The van der Waals surface area contributed by atoms with E-state index in [1.165, 1.54) is 5.69 Å². The summed E-state index contributed by atoms with van der Waals surface area (Å²) < 4.78 is 0. The van der Waals surface area contributed by atoms with Crippen molar-refractivity contribution in [3.8, 4) is 0 Å². The van der Waals surface area contributed by atoms with Gasteiger partial charge < -0.3 is 10.3 Å². The van der Waals surface area contributed by atoms with E-state index in [1.54, 1.807) is 0 Å². The fourth-order valence-corrected chi connectivity index (χ4v) is 1.71. The van der Waals surface area contributed by atoms with Crippen LogP contribution in [0.25, 0.3) is 0 Å². The van der Waals surface area contributed by atoms with Gasteiger partial charge in [0.05, 0.1) is 5.75 Å². The molecule has 1 rings (SSSR count). The predicted octanol–water partition coefficient (Wildman–Crippen LogP) is 2.16. The zero-order chi connectivity index (χ0) is 10.4. The van der Waals surface area contributed by atoms with Crippen molar-refractivity contribution in [1.29, 1.82) is 0 Å². The Kier molecular flexibility index (Phi) is 5.04. The largest absolute Gasteiger partial charge is 0.344 e. The van der Waals surface area contributed by atoms with Crippen LogP contribution in [0.5, 0.6) is 0 Å². The van der Waals surface area contributed by atoms with Gasteiger partial charge >= 0.3 is 0 Å². The van der Waals surface area contributed by atoms with Crippen molar-refractivity contribution in [3.63, 3.8) is 0 Å². The molecule has 1 aromatic heterocycles. The topological polar surface area (TPSA) is 40.7 Å². The molecule has 0 saturated carbocycles. The SMILES string of the molecule is CCNCc1cnc(CSC(C)C)[nH]1. The maximum atomic E-state index is 4.32. The van der Waals surface area contributed by atoms with Crippen LogP contribution in [-0.4, -0.2) is 21.8 Å². The first kappa shape index (κ1) is 11.6. The van der Waals surface area contributed by atoms with Gasteiger partial charge in [0.25, 0.3) is 0 Å². The minimum atomic E-state index is 0.664. The minimum absolute atomic E-state index is 0.664. The molecule has 0 fully saturated rings. The third-order valence-corrected chi connectivity index (χ3v) is 2.91. The number of thioether (sulfide) groups is 1. The fourth-order valence-electron chi connectivity index (χ4n) is 1.07. The monoisotopic (exact) mass is 213 g/mol. The molecule has 0 saturated heterocycles. The highest BCUT2D eigenvalue weighted by molar-refractivity contribution is 7.99. The maximum absolute atomic E-state index is 4.32. The van der Waals surface area contributed by atoms with Crippen LogP contribution in [0.4, 0.5) is 0 Å². The summed E-state index contributed by atoms with van der Waals surface area (Å²) in [6.07, 6.45) is 1.92. The summed E-state index contributed by atoms with van der Waals surface area (Å²) in [7, 11) is 0. The van der Waals surface area contributed by atoms with E-state index in [4.69, 9.17) is 0 Å². The molecule has 4 heteroatoms. The molecule has 0 bridgehead atoms. The maximum Gasteiger partial charge on any atom is 0.116 e. The van der Waals surface area contributed by atoms with Gasteiger partial charge in [-0.05, 0) is 11.8 Å². The van der Waals surface area contributed by atoms with E-state index in [0.717, 1.165) is 24.7 Å². The second-order valence-electron chi connectivity index (χ2n) is 3.50. The Morgan fingerprint density at radius 3 is 3.00 bits per heavy atom. The number of imidazole rings is 1. The van der Waals surface area contributed by atoms with Crippen molar-refractivity contribution >= 4 is 11.8 Å². The molecule has 80 valence electrons. The van der Waals surface area contributed by atoms with E-state index in [-0.39, 0.29) is 0 Å². The summed E-state index contributed by atoms with van der Waals surface area (Å²) >= 11 is 1.91. The first-order chi connectivity index (χ1) is 6.72. The van der Waals surface area contributed by atoms with Crippen LogP contribution in [0.1, 0.15) is 32.3 Å². The van der Waals surface area contributed by atoms with Gasteiger partial charge in [0.15, 0.2) is 0 Å². The molecule has 0 unspecified atom stereocenters. The minimum Gasteiger partial charge on any atom is -0.344 e. The van der Waals surface area contributed by atoms with Gasteiger partial charge in [-0.2, -0.15) is 11.8 Å². The van der Waals surface area contributed by atoms with Gasteiger partial charge in [0, 0.05) is 18.4 Å². The summed E-state index contributed by atoms with van der Waals surface area (Å²) in [4.78, 5) is 7.63. The van der Waals surface area contributed by atoms with Crippen LogP contribution in [0.2, 0.25) is 0 Å². The lowest BCUT2D eigenvalue weighted by molar-refractivity contribution is 0.713. The third kappa shape index (κ3) is 4.15. The summed E-state index contributed by atoms with van der Waals surface area (Å²) in [5.74, 6) is 2.06. The van der Waals surface area contributed by atoms with Gasteiger partial charge in [0.1, 0.15) is 5.82 Å². The molecule has 0 aromatic carbocycles. The van der Waals surface area contributed by atoms with Gasteiger partial charge in [-0.1, -0.05) is 20.8 Å². The van der Waals surface area contributed by atoms with Crippen LogP contribution in [0, 0.1) is 0 Å². The van der Waals surface area contributed by atoms with Crippen LogP contribution in [0.15, 0.2) is 6.20 Å². The van der Waals surface area contributed by atoms with E-state index in [1.807, 2.05) is 18.0 Å². The Labute approximate surface area is 90.1 Å². The number of nitrogens with zero attached hydrogens (tertiary/aromatic N) is 1. The number of H-pyrrole nitrogens is 1. The van der Waals surface area contributed by atoms with E-state index < -0.39 is 0 Å². The highest BCUT2D eigenvalue weighted by Gasteiger charge is 2.01. The van der Waals surface area contributed by atoms with Crippen LogP contribution < -0.4 is 5.32 Å². The zero-order valence-electron chi connectivity index (χ0n) is 9.13. The molecule has 0 spiro atoms. The Hall–Kier alpha value is -0.480. The average Bonchev–Trinajstić information content (AvgIpc) is 2.59. The van der Waals surface area contributed by atoms with Crippen molar-refractivity contribution in [2.75, 3.05) is 6.54 Å². The van der Waals surface area contributed by atoms with Crippen LogP contribution >= 0.6 is 11.8 Å². The van der Waals surface area contributed by atoms with Crippen LogP contribution in [-0.2, 0) is 12.3 Å². The van der Waals surface area contributed by atoms with Crippen molar-refractivity contribution in [2.24, 2.45) is 0 Å². The summed E-state index contributed by atoms with van der Waals surface area (Å²) in [5, 5.41) is 3.93. The molecule has 3 nitrogen and oxygen atoms in total. The Bertz CT molecular complexity index is 258. The molecule has 14 heavy (non-hydrogen) atoms. The van der Waals surface area contributed by atoms with E-state index >= 15 is 0 Å². The summed E-state index contributed by atoms with van der Waals surface area (Å²) in [6.45, 7) is 8.39. The summed E-state index contributed by atoms with van der Waals surface area (Å²) in [5.41, 5.74) is 1.17. The van der Waals surface area contributed by atoms with Gasteiger partial charge in [-0.3, -0.25) is 0 Å². The lowest BCUT2D eigenvalue weighted by Crippen LogP contribution is -2.11. The molecule has 1 aromatic rings. The van der Waals surface area contributed by atoms with Crippen molar-refractivity contribution in [3.05, 3.63) is 17.7 Å². The quantitative estimate of drug-likeness (QED) is 0.761. The van der Waals surface area contributed by atoms with Gasteiger partial charge in [0.2, 0.25) is 0 Å². The second-order valence-corrected chi connectivity index (χ2v) is 5.06. The molecule has 1 heterocycles. The predicted molar refractivity (Wildman–Crippen MR) is 62.4 cm³/mol. The van der Waals surface area contributed by atoms with E-state index in [9.17, 15) is 0 Å². The number of aromatic nitrogens is 2. The number of rotatable bonds is 6. The molecular weight excluding hydrogens is 194 g/mol. The molecule has 2 N–H and O–H groups in total. The molecule has 0 aliphatic heterocycles. The highest BCUT2D eigenvalue weighted by atomic mass is 32.2. The molecule has 0 atom stereocenters. The standard InChI is InChI=1S/C10H19N3S/c1-4-11-5-9-6-12-10(13-9)7-14-8(2)3/h6,8,11H,4-5,7H2,1-3H3,(H,12,13). The van der Waals surface area contributed by atoms with E-state index in [2.05, 4.69) is 36.1 Å². The first-order valence-electron chi connectivity index (χ1n) is 5.07. The van der Waals surface area contributed by atoms with Gasteiger partial charge in [-0.15, -0.1) is 0 Å². The van der Waals surface area contributed by atoms with Crippen LogP contribution in [0.3, 0.4) is 0 Å². The molecule has 0 aliphatic rings. The molecular formula is C10H19N3S. The number of aromatic amines is 1. The molecule has 0 amide bonds. The second kappa shape index (κ2) is 6.09. The van der Waals surface area contributed by atoms with Crippen molar-refractivity contribution < 1.29 is 0 Å². The Balaban J connectivity index is 2.35. The molecule has 0 aliphatic carbocycles. The lowest BCUT2D eigenvalue weighted by Gasteiger charge is -2.01.